The van der Waals surface area contributed by atoms with Crippen LogP contribution < -0.4 is 0 Å². The zero-order valence-electron chi connectivity index (χ0n) is 13.1. The molecule has 3 rings (SSSR count). The maximum absolute atomic E-state index is 10.3. The summed E-state index contributed by atoms with van der Waals surface area (Å²) in [5, 5.41) is 13.4. The van der Waals surface area contributed by atoms with Gasteiger partial charge in [-0.3, -0.25) is 4.90 Å². The van der Waals surface area contributed by atoms with Gasteiger partial charge in [0.2, 0.25) is 0 Å². The SMILES string of the molecule is Cc1cccc(CN(Cc2ccccc2)Cc2nccs2)c1O. The van der Waals surface area contributed by atoms with Crippen molar-refractivity contribution in [3.05, 3.63) is 81.8 Å². The summed E-state index contributed by atoms with van der Waals surface area (Å²) in [5.74, 6) is 0.393. The molecule has 0 atom stereocenters. The molecule has 3 nitrogen and oxygen atoms in total. The predicted molar refractivity (Wildman–Crippen MR) is 94.4 cm³/mol. The molecule has 0 aliphatic carbocycles. The van der Waals surface area contributed by atoms with E-state index in [0.29, 0.717) is 12.3 Å². The van der Waals surface area contributed by atoms with Gasteiger partial charge in [-0.05, 0) is 18.1 Å². The molecule has 4 heteroatoms. The lowest BCUT2D eigenvalue weighted by atomic mass is 10.1. The fourth-order valence-corrected chi connectivity index (χ4v) is 3.28. The summed E-state index contributed by atoms with van der Waals surface area (Å²) in [6.45, 7) is 4.23. The van der Waals surface area contributed by atoms with Crippen LogP contribution in [0.15, 0.2) is 60.1 Å². The number of phenols is 1. The number of rotatable bonds is 6. The van der Waals surface area contributed by atoms with E-state index in [1.807, 2.05) is 42.8 Å². The van der Waals surface area contributed by atoms with E-state index in [1.165, 1.54) is 5.56 Å². The van der Waals surface area contributed by atoms with E-state index in [2.05, 4.69) is 34.1 Å². The molecule has 2 aromatic carbocycles. The van der Waals surface area contributed by atoms with Crippen LogP contribution in [0.3, 0.4) is 0 Å². The maximum atomic E-state index is 10.3. The number of hydrogen-bond donors (Lipinski definition) is 1. The van der Waals surface area contributed by atoms with Crippen LogP contribution in [0.5, 0.6) is 5.75 Å². The number of hydrogen-bond acceptors (Lipinski definition) is 4. The van der Waals surface area contributed by atoms with Crippen molar-refractivity contribution >= 4 is 11.3 Å². The number of para-hydroxylation sites is 1. The highest BCUT2D eigenvalue weighted by molar-refractivity contribution is 7.09. The van der Waals surface area contributed by atoms with Gasteiger partial charge in [-0.25, -0.2) is 4.98 Å². The highest BCUT2D eigenvalue weighted by Crippen LogP contribution is 2.24. The highest BCUT2D eigenvalue weighted by Gasteiger charge is 2.13. The zero-order chi connectivity index (χ0) is 16.1. The largest absolute Gasteiger partial charge is 0.507 e. The Kier molecular flexibility index (Phi) is 5.05. The molecule has 0 saturated heterocycles. The number of thiazole rings is 1. The van der Waals surface area contributed by atoms with Gasteiger partial charge in [0.05, 0.1) is 6.54 Å². The normalized spacial score (nSPS) is 11.0. The molecule has 0 fully saturated rings. The smallest absolute Gasteiger partial charge is 0.122 e. The van der Waals surface area contributed by atoms with E-state index in [9.17, 15) is 5.11 Å². The van der Waals surface area contributed by atoms with Gasteiger partial charge >= 0.3 is 0 Å². The molecule has 0 radical (unpaired) electrons. The fourth-order valence-electron chi connectivity index (χ4n) is 2.62. The molecule has 23 heavy (non-hydrogen) atoms. The molecule has 1 heterocycles. The third-order valence-corrected chi connectivity index (χ3v) is 4.57. The molecule has 0 spiro atoms. The second-order valence-electron chi connectivity index (χ2n) is 5.64. The number of phenolic OH excluding ortho intramolecular Hbond substituents is 1. The first-order valence-electron chi connectivity index (χ1n) is 7.64. The van der Waals surface area contributed by atoms with Crippen LogP contribution in [-0.2, 0) is 19.6 Å². The van der Waals surface area contributed by atoms with Gasteiger partial charge in [-0.1, -0.05) is 48.5 Å². The molecule has 0 amide bonds. The molecule has 118 valence electrons. The summed E-state index contributed by atoms with van der Waals surface area (Å²) in [4.78, 5) is 6.70. The summed E-state index contributed by atoms with van der Waals surface area (Å²) in [5.41, 5.74) is 3.13. The van der Waals surface area contributed by atoms with Crippen molar-refractivity contribution in [3.63, 3.8) is 0 Å². The lowest BCUT2D eigenvalue weighted by Crippen LogP contribution is -2.22. The topological polar surface area (TPSA) is 36.4 Å². The zero-order valence-corrected chi connectivity index (χ0v) is 14.0. The van der Waals surface area contributed by atoms with Crippen molar-refractivity contribution in [3.8, 4) is 5.75 Å². The summed E-state index contributed by atoms with van der Waals surface area (Å²) in [6, 6.07) is 16.3. The lowest BCUT2D eigenvalue weighted by molar-refractivity contribution is 0.244. The molecule has 3 aromatic rings. The first-order valence-corrected chi connectivity index (χ1v) is 8.52. The minimum atomic E-state index is 0.393. The highest BCUT2D eigenvalue weighted by atomic mass is 32.1. The average molecular weight is 324 g/mol. The van der Waals surface area contributed by atoms with Crippen LogP contribution >= 0.6 is 11.3 Å². The Labute approximate surface area is 140 Å². The van der Waals surface area contributed by atoms with Gasteiger partial charge in [-0.2, -0.15) is 0 Å². The maximum Gasteiger partial charge on any atom is 0.122 e. The summed E-state index contributed by atoms with van der Waals surface area (Å²) < 4.78 is 0. The van der Waals surface area contributed by atoms with Gasteiger partial charge in [0, 0.05) is 30.2 Å². The Morgan fingerprint density at radius 1 is 1.00 bits per heavy atom. The number of nitrogens with zero attached hydrogens (tertiary/aromatic N) is 2. The van der Waals surface area contributed by atoms with E-state index in [-0.39, 0.29) is 0 Å². The molecular weight excluding hydrogens is 304 g/mol. The predicted octanol–water partition coefficient (Wildman–Crippen LogP) is 4.36. The quantitative estimate of drug-likeness (QED) is 0.732. The molecule has 0 unspecified atom stereocenters. The van der Waals surface area contributed by atoms with Gasteiger partial charge in [0.15, 0.2) is 0 Å². The van der Waals surface area contributed by atoms with Crippen molar-refractivity contribution in [2.75, 3.05) is 0 Å². The second-order valence-corrected chi connectivity index (χ2v) is 6.62. The lowest BCUT2D eigenvalue weighted by Gasteiger charge is -2.22. The molecular formula is C19H20N2OS. The molecule has 0 aliphatic heterocycles. The number of aryl methyl sites for hydroxylation is 1. The number of aromatic nitrogens is 1. The minimum absolute atomic E-state index is 0.393. The second kappa shape index (κ2) is 7.40. The summed E-state index contributed by atoms with van der Waals surface area (Å²) in [7, 11) is 0. The van der Waals surface area contributed by atoms with Crippen molar-refractivity contribution in [2.24, 2.45) is 0 Å². The van der Waals surface area contributed by atoms with Crippen LogP contribution in [0.1, 0.15) is 21.7 Å². The standard InChI is InChI=1S/C19H20N2OS/c1-15-6-5-9-17(19(15)22)13-21(14-18-20-10-11-23-18)12-16-7-3-2-4-8-16/h2-11,22H,12-14H2,1H3. The Morgan fingerprint density at radius 3 is 2.57 bits per heavy atom. The van der Waals surface area contributed by atoms with Crippen LogP contribution in [0.4, 0.5) is 0 Å². The molecule has 0 aliphatic rings. The average Bonchev–Trinajstić information content (AvgIpc) is 3.06. The molecule has 1 aromatic heterocycles. The minimum Gasteiger partial charge on any atom is -0.507 e. The first kappa shape index (κ1) is 15.7. The summed E-state index contributed by atoms with van der Waals surface area (Å²) in [6.07, 6.45) is 1.84. The van der Waals surface area contributed by atoms with E-state index in [4.69, 9.17) is 0 Å². The van der Waals surface area contributed by atoms with Gasteiger partial charge in [0.1, 0.15) is 10.8 Å². The van der Waals surface area contributed by atoms with Gasteiger partial charge in [-0.15, -0.1) is 11.3 Å². The fraction of sp³-hybridized carbons (Fsp3) is 0.211. The van der Waals surface area contributed by atoms with E-state index in [0.717, 1.165) is 29.2 Å². The third-order valence-electron chi connectivity index (χ3n) is 3.81. The Morgan fingerprint density at radius 2 is 1.83 bits per heavy atom. The molecule has 1 N–H and O–H groups in total. The Hall–Kier alpha value is -2.17. The molecule has 0 saturated carbocycles. The number of benzene rings is 2. The van der Waals surface area contributed by atoms with Crippen molar-refractivity contribution in [1.29, 1.82) is 0 Å². The number of aromatic hydroxyl groups is 1. The Bertz CT molecular complexity index is 741. The van der Waals surface area contributed by atoms with Crippen LogP contribution in [0.25, 0.3) is 0 Å². The van der Waals surface area contributed by atoms with E-state index < -0.39 is 0 Å². The van der Waals surface area contributed by atoms with Crippen LogP contribution in [0.2, 0.25) is 0 Å². The van der Waals surface area contributed by atoms with Crippen LogP contribution in [-0.4, -0.2) is 15.0 Å². The summed E-state index contributed by atoms with van der Waals surface area (Å²) >= 11 is 1.66. The van der Waals surface area contributed by atoms with Gasteiger partial charge < -0.3 is 5.11 Å². The third kappa shape index (κ3) is 4.18. The monoisotopic (exact) mass is 324 g/mol. The van der Waals surface area contributed by atoms with Crippen molar-refractivity contribution in [1.82, 2.24) is 9.88 Å². The van der Waals surface area contributed by atoms with Crippen molar-refractivity contribution in [2.45, 2.75) is 26.6 Å². The van der Waals surface area contributed by atoms with Crippen LogP contribution in [0, 0.1) is 6.92 Å². The van der Waals surface area contributed by atoms with E-state index >= 15 is 0 Å². The van der Waals surface area contributed by atoms with Gasteiger partial charge in [0.25, 0.3) is 0 Å². The first-order chi connectivity index (χ1) is 11.2. The Balaban J connectivity index is 1.81. The van der Waals surface area contributed by atoms with Crippen molar-refractivity contribution < 1.29 is 5.11 Å². The van der Waals surface area contributed by atoms with E-state index in [1.54, 1.807) is 11.3 Å². The molecule has 0 bridgehead atoms.